The normalized spacial score (nSPS) is 15.0. The molecule has 0 radical (unpaired) electrons. The van der Waals surface area contributed by atoms with Crippen LogP contribution in [0.25, 0.3) is 11.1 Å². The van der Waals surface area contributed by atoms with Crippen molar-refractivity contribution in [3.8, 4) is 11.1 Å². The van der Waals surface area contributed by atoms with Crippen molar-refractivity contribution in [2.24, 2.45) is 0 Å². The first-order valence-corrected chi connectivity index (χ1v) is 14.0. The summed E-state index contributed by atoms with van der Waals surface area (Å²) in [4.78, 5) is 56.0. The Kier molecular flexibility index (Phi) is 6.08. The van der Waals surface area contributed by atoms with E-state index < -0.39 is 0 Å². The number of carbonyl (C=O) groups is 4. The van der Waals surface area contributed by atoms with Gasteiger partial charge in [-0.25, -0.2) is 9.80 Å². The Morgan fingerprint density at radius 1 is 0.429 bits per heavy atom. The van der Waals surface area contributed by atoms with Gasteiger partial charge in [0.05, 0.1) is 33.6 Å². The zero-order chi connectivity index (χ0) is 30.1. The van der Waals surface area contributed by atoms with Crippen LogP contribution in [0.2, 0.25) is 0 Å². The lowest BCUT2D eigenvalue weighted by Crippen LogP contribution is -2.29. The van der Waals surface area contributed by atoms with Crippen LogP contribution in [0.4, 0.5) is 11.4 Å². The summed E-state index contributed by atoms with van der Waals surface area (Å²) in [5.74, 6) is -1.43. The second-order valence-corrected chi connectivity index (χ2v) is 13.0. The molecule has 6 nitrogen and oxygen atoms in total. The molecule has 42 heavy (non-hydrogen) atoms. The van der Waals surface area contributed by atoms with Gasteiger partial charge in [-0.1, -0.05) is 77.9 Å². The average molecular weight is 557 g/mol. The van der Waals surface area contributed by atoms with Crippen LogP contribution in [0.1, 0.15) is 94.1 Å². The maximum absolute atomic E-state index is 13.5. The number of amides is 4. The largest absolute Gasteiger partial charge is 0.268 e. The van der Waals surface area contributed by atoms with E-state index in [4.69, 9.17) is 0 Å². The number of hydrogen-bond donors (Lipinski definition) is 0. The molecule has 4 aromatic carbocycles. The predicted octanol–water partition coefficient (Wildman–Crippen LogP) is 7.55. The van der Waals surface area contributed by atoms with Crippen molar-refractivity contribution in [1.82, 2.24) is 0 Å². The lowest BCUT2D eigenvalue weighted by Gasteiger charge is -2.19. The van der Waals surface area contributed by atoms with Gasteiger partial charge in [-0.2, -0.15) is 0 Å². The molecule has 2 aliphatic rings. The number of carbonyl (C=O) groups excluding carboxylic acids is 4. The van der Waals surface area contributed by atoms with E-state index in [-0.39, 0.29) is 34.5 Å². The van der Waals surface area contributed by atoms with Gasteiger partial charge in [-0.3, -0.25) is 19.2 Å². The third-order valence-electron chi connectivity index (χ3n) is 8.05. The van der Waals surface area contributed by atoms with Crippen molar-refractivity contribution >= 4 is 35.0 Å². The van der Waals surface area contributed by atoms with E-state index >= 15 is 0 Å². The van der Waals surface area contributed by atoms with E-state index in [1.165, 1.54) is 9.80 Å². The predicted molar refractivity (Wildman–Crippen MR) is 164 cm³/mol. The molecule has 2 aliphatic heterocycles. The highest BCUT2D eigenvalue weighted by Gasteiger charge is 2.39. The molecule has 0 unspecified atom stereocenters. The summed E-state index contributed by atoms with van der Waals surface area (Å²) in [6.07, 6.45) is 0. The molecule has 0 fully saturated rings. The highest BCUT2D eigenvalue weighted by atomic mass is 16.2. The number of fused-ring (bicyclic) bond motifs is 2. The summed E-state index contributed by atoms with van der Waals surface area (Å²) in [6, 6.07) is 25.2. The molecular weight excluding hydrogens is 524 g/mol. The van der Waals surface area contributed by atoms with Gasteiger partial charge in [0.15, 0.2) is 0 Å². The summed E-state index contributed by atoms with van der Waals surface area (Å²) in [6.45, 7) is 12.4. The van der Waals surface area contributed by atoms with Gasteiger partial charge < -0.3 is 0 Å². The second-order valence-electron chi connectivity index (χ2n) is 13.0. The molecular formula is C36H32N2O4. The van der Waals surface area contributed by atoms with Crippen LogP contribution in [-0.2, 0) is 10.8 Å². The first-order valence-electron chi connectivity index (χ1n) is 14.0. The molecule has 6 rings (SSSR count). The van der Waals surface area contributed by atoms with Crippen LogP contribution in [0.15, 0.2) is 84.9 Å². The van der Waals surface area contributed by atoms with Crippen molar-refractivity contribution < 1.29 is 19.2 Å². The maximum Gasteiger partial charge on any atom is 0.266 e. The first kappa shape index (κ1) is 27.3. The van der Waals surface area contributed by atoms with E-state index in [1.54, 1.807) is 48.5 Å². The van der Waals surface area contributed by atoms with E-state index in [0.29, 0.717) is 33.6 Å². The minimum absolute atomic E-state index is 0.162. The Hall–Kier alpha value is -4.84. The lowest BCUT2D eigenvalue weighted by atomic mass is 9.85. The molecule has 4 amide bonds. The van der Waals surface area contributed by atoms with Gasteiger partial charge in [0.25, 0.3) is 23.6 Å². The maximum atomic E-state index is 13.5. The summed E-state index contributed by atoms with van der Waals surface area (Å²) < 4.78 is 0. The molecule has 0 saturated carbocycles. The van der Waals surface area contributed by atoms with Gasteiger partial charge in [0.1, 0.15) is 0 Å². The van der Waals surface area contributed by atoms with Gasteiger partial charge in [-0.15, -0.1) is 0 Å². The van der Waals surface area contributed by atoms with Crippen LogP contribution in [-0.4, -0.2) is 23.6 Å². The summed E-state index contributed by atoms with van der Waals surface area (Å²) >= 11 is 0. The monoisotopic (exact) mass is 556 g/mol. The fourth-order valence-corrected chi connectivity index (χ4v) is 5.53. The summed E-state index contributed by atoms with van der Waals surface area (Å²) in [5, 5.41) is 0. The zero-order valence-corrected chi connectivity index (χ0v) is 24.6. The molecule has 4 aromatic rings. The highest BCUT2D eigenvalue weighted by molar-refractivity contribution is 6.35. The van der Waals surface area contributed by atoms with E-state index in [2.05, 4.69) is 41.5 Å². The number of nitrogens with zero attached hydrogens (tertiary/aromatic N) is 2. The molecule has 0 saturated heterocycles. The Morgan fingerprint density at radius 2 is 0.786 bits per heavy atom. The number of hydrogen-bond acceptors (Lipinski definition) is 4. The quantitative estimate of drug-likeness (QED) is 0.244. The Balaban J connectivity index is 1.33. The van der Waals surface area contributed by atoms with Crippen LogP contribution in [0, 0.1) is 0 Å². The molecule has 0 bridgehead atoms. The second kappa shape index (κ2) is 9.35. The van der Waals surface area contributed by atoms with Crippen molar-refractivity contribution in [1.29, 1.82) is 0 Å². The topological polar surface area (TPSA) is 74.8 Å². The number of rotatable bonds is 3. The molecule has 2 heterocycles. The smallest absolute Gasteiger partial charge is 0.266 e. The van der Waals surface area contributed by atoms with Crippen molar-refractivity contribution in [3.63, 3.8) is 0 Å². The molecule has 0 atom stereocenters. The van der Waals surface area contributed by atoms with E-state index in [9.17, 15) is 19.2 Å². The summed E-state index contributed by atoms with van der Waals surface area (Å²) in [7, 11) is 0. The van der Waals surface area contributed by atoms with Gasteiger partial charge in [0.2, 0.25) is 0 Å². The van der Waals surface area contributed by atoms with Crippen LogP contribution < -0.4 is 9.80 Å². The average Bonchev–Trinajstić information content (AvgIpc) is 3.35. The molecule has 0 spiro atoms. The number of benzene rings is 4. The third-order valence-corrected chi connectivity index (χ3v) is 8.05. The van der Waals surface area contributed by atoms with Gasteiger partial charge in [0, 0.05) is 0 Å². The SMILES string of the molecule is CC(C)(C)c1ccc2c(c1)C(=O)N(c1cccc(-c3cccc(N4C(=O)c5ccc(C(C)(C)C)cc5C4=O)c3)c1)C2=O. The van der Waals surface area contributed by atoms with Crippen molar-refractivity contribution in [2.45, 2.75) is 52.4 Å². The minimum atomic E-state index is -0.359. The molecule has 210 valence electrons. The Morgan fingerprint density at radius 3 is 1.14 bits per heavy atom. The van der Waals surface area contributed by atoms with E-state index in [0.717, 1.165) is 22.3 Å². The number of imide groups is 2. The van der Waals surface area contributed by atoms with Crippen LogP contribution in [0.5, 0.6) is 0 Å². The standard InChI is InChI=1S/C36H32N2O4/c1-35(2,3)23-13-15-27-29(19-23)33(41)37(31(27)39)25-11-7-9-21(17-25)22-10-8-12-26(18-22)38-32(40)28-16-14-24(36(4,5)6)20-30(28)34(38)42/h7-20H,1-6H3. The highest BCUT2D eigenvalue weighted by Crippen LogP contribution is 2.36. The summed E-state index contributed by atoms with van der Waals surface area (Å²) in [5.41, 5.74) is 5.63. The molecule has 0 aliphatic carbocycles. The first-order chi connectivity index (χ1) is 19.8. The molecule has 6 heteroatoms. The van der Waals surface area contributed by atoms with Crippen LogP contribution >= 0.6 is 0 Å². The Labute approximate surface area is 245 Å². The van der Waals surface area contributed by atoms with Crippen molar-refractivity contribution in [3.05, 3.63) is 118 Å². The lowest BCUT2D eigenvalue weighted by molar-refractivity contribution is 0.0910. The van der Waals surface area contributed by atoms with E-state index in [1.807, 2.05) is 36.4 Å². The fraction of sp³-hybridized carbons (Fsp3) is 0.222. The van der Waals surface area contributed by atoms with Gasteiger partial charge >= 0.3 is 0 Å². The Bertz CT molecular complexity index is 1700. The number of anilines is 2. The molecule has 0 N–H and O–H groups in total. The molecule has 0 aromatic heterocycles. The van der Waals surface area contributed by atoms with Crippen molar-refractivity contribution in [2.75, 3.05) is 9.80 Å². The zero-order valence-electron chi connectivity index (χ0n) is 24.6. The van der Waals surface area contributed by atoms with Crippen LogP contribution in [0.3, 0.4) is 0 Å². The fourth-order valence-electron chi connectivity index (χ4n) is 5.53. The minimum Gasteiger partial charge on any atom is -0.268 e. The third kappa shape index (κ3) is 4.35. The van der Waals surface area contributed by atoms with Gasteiger partial charge in [-0.05, 0) is 81.6 Å².